The molecule has 2 saturated carbocycles. The highest BCUT2D eigenvalue weighted by molar-refractivity contribution is 5.76. The molecule has 1 atom stereocenters. The third-order valence-corrected chi connectivity index (χ3v) is 3.59. The Morgan fingerprint density at radius 1 is 1.18 bits per heavy atom. The first kappa shape index (κ1) is 12.2. The SMILES string of the molecule is O=C(O)CC(NC(=O)NC1CCCC1)C1CC1. The summed E-state index contributed by atoms with van der Waals surface area (Å²) in [7, 11) is 0. The molecule has 2 aliphatic carbocycles. The van der Waals surface area contributed by atoms with Gasteiger partial charge >= 0.3 is 12.0 Å². The maximum atomic E-state index is 11.7. The molecule has 17 heavy (non-hydrogen) atoms. The summed E-state index contributed by atoms with van der Waals surface area (Å²) in [6.45, 7) is 0. The molecule has 0 aromatic carbocycles. The lowest BCUT2D eigenvalue weighted by Crippen LogP contribution is -2.47. The Hall–Kier alpha value is -1.26. The van der Waals surface area contributed by atoms with Crippen molar-refractivity contribution >= 4 is 12.0 Å². The van der Waals surface area contributed by atoms with Gasteiger partial charge < -0.3 is 15.7 Å². The number of carboxylic acids is 1. The first-order valence-corrected chi connectivity index (χ1v) is 6.44. The molecule has 0 aliphatic heterocycles. The van der Waals surface area contributed by atoms with Gasteiger partial charge in [-0.2, -0.15) is 0 Å². The standard InChI is InChI=1S/C12H20N2O3/c15-11(16)7-10(8-5-6-8)14-12(17)13-9-3-1-2-4-9/h8-10H,1-7H2,(H,15,16)(H2,13,14,17). The summed E-state index contributed by atoms with van der Waals surface area (Å²) in [4.78, 5) is 22.4. The third-order valence-electron chi connectivity index (χ3n) is 3.59. The molecule has 2 fully saturated rings. The van der Waals surface area contributed by atoms with Crippen molar-refractivity contribution in [3.05, 3.63) is 0 Å². The molecule has 5 nitrogen and oxygen atoms in total. The molecule has 2 rings (SSSR count). The molecule has 0 bridgehead atoms. The van der Waals surface area contributed by atoms with Crippen molar-refractivity contribution in [2.75, 3.05) is 0 Å². The van der Waals surface area contributed by atoms with Crippen molar-refractivity contribution < 1.29 is 14.7 Å². The van der Waals surface area contributed by atoms with Crippen molar-refractivity contribution in [1.29, 1.82) is 0 Å². The van der Waals surface area contributed by atoms with E-state index >= 15 is 0 Å². The van der Waals surface area contributed by atoms with E-state index < -0.39 is 5.97 Å². The fourth-order valence-corrected chi connectivity index (χ4v) is 2.49. The maximum Gasteiger partial charge on any atom is 0.315 e. The number of amides is 2. The monoisotopic (exact) mass is 240 g/mol. The van der Waals surface area contributed by atoms with E-state index in [1.165, 1.54) is 12.8 Å². The van der Waals surface area contributed by atoms with Crippen LogP contribution in [0, 0.1) is 5.92 Å². The second kappa shape index (κ2) is 5.38. The number of rotatable bonds is 5. The predicted octanol–water partition coefficient (Wildman–Crippen LogP) is 1.48. The number of hydrogen-bond acceptors (Lipinski definition) is 2. The molecule has 0 spiro atoms. The largest absolute Gasteiger partial charge is 0.481 e. The van der Waals surface area contributed by atoms with Crippen LogP contribution in [0.15, 0.2) is 0 Å². The minimum Gasteiger partial charge on any atom is -0.481 e. The molecule has 0 aromatic heterocycles. The van der Waals surface area contributed by atoms with E-state index in [1.807, 2.05) is 0 Å². The average Bonchev–Trinajstić information content (AvgIpc) is 2.97. The lowest BCUT2D eigenvalue weighted by molar-refractivity contribution is -0.137. The zero-order chi connectivity index (χ0) is 12.3. The average molecular weight is 240 g/mol. The number of nitrogens with one attached hydrogen (secondary N) is 2. The van der Waals surface area contributed by atoms with Crippen molar-refractivity contribution in [3.63, 3.8) is 0 Å². The Morgan fingerprint density at radius 2 is 1.82 bits per heavy atom. The smallest absolute Gasteiger partial charge is 0.315 e. The van der Waals surface area contributed by atoms with Crippen molar-refractivity contribution in [2.24, 2.45) is 5.92 Å². The molecule has 0 heterocycles. The number of carboxylic acid groups (broad SMARTS) is 1. The van der Waals surface area contributed by atoms with Crippen LogP contribution in [0.1, 0.15) is 44.9 Å². The van der Waals surface area contributed by atoms with Gasteiger partial charge in [-0.25, -0.2) is 4.79 Å². The molecule has 0 radical (unpaired) electrons. The van der Waals surface area contributed by atoms with E-state index in [9.17, 15) is 9.59 Å². The van der Waals surface area contributed by atoms with Gasteiger partial charge in [-0.3, -0.25) is 4.79 Å². The zero-order valence-corrected chi connectivity index (χ0v) is 9.95. The first-order valence-electron chi connectivity index (χ1n) is 6.44. The highest BCUT2D eigenvalue weighted by atomic mass is 16.4. The molecule has 5 heteroatoms. The molecular weight excluding hydrogens is 220 g/mol. The summed E-state index contributed by atoms with van der Waals surface area (Å²) < 4.78 is 0. The summed E-state index contributed by atoms with van der Waals surface area (Å²) >= 11 is 0. The normalized spacial score (nSPS) is 22.1. The summed E-state index contributed by atoms with van der Waals surface area (Å²) in [5.41, 5.74) is 0. The minimum absolute atomic E-state index is 0.0305. The van der Waals surface area contributed by atoms with Gasteiger partial charge in [0.2, 0.25) is 0 Å². The van der Waals surface area contributed by atoms with Crippen LogP contribution >= 0.6 is 0 Å². The minimum atomic E-state index is -0.844. The lowest BCUT2D eigenvalue weighted by atomic mass is 10.1. The van der Waals surface area contributed by atoms with Crippen molar-refractivity contribution in [3.8, 4) is 0 Å². The second-order valence-corrected chi connectivity index (χ2v) is 5.14. The predicted molar refractivity (Wildman–Crippen MR) is 62.7 cm³/mol. The zero-order valence-electron chi connectivity index (χ0n) is 9.95. The van der Waals surface area contributed by atoms with Crippen LogP contribution < -0.4 is 10.6 Å². The Balaban J connectivity index is 1.76. The van der Waals surface area contributed by atoms with Gasteiger partial charge in [0.1, 0.15) is 0 Å². The maximum absolute atomic E-state index is 11.7. The number of aliphatic carboxylic acids is 1. The first-order chi connectivity index (χ1) is 8.15. The van der Waals surface area contributed by atoms with Gasteiger partial charge in [0.05, 0.1) is 6.42 Å². The van der Waals surface area contributed by atoms with E-state index in [-0.39, 0.29) is 24.5 Å². The van der Waals surface area contributed by atoms with Crippen LogP contribution in [-0.2, 0) is 4.79 Å². The van der Waals surface area contributed by atoms with Gasteiger partial charge in [-0.15, -0.1) is 0 Å². The molecule has 2 amide bonds. The molecule has 0 aromatic rings. The van der Waals surface area contributed by atoms with E-state index in [0.717, 1.165) is 25.7 Å². The second-order valence-electron chi connectivity index (χ2n) is 5.14. The van der Waals surface area contributed by atoms with Crippen LogP contribution in [-0.4, -0.2) is 29.2 Å². The molecule has 0 saturated heterocycles. The third kappa shape index (κ3) is 3.91. The van der Waals surface area contributed by atoms with Crippen LogP contribution in [0.3, 0.4) is 0 Å². The Morgan fingerprint density at radius 3 is 2.35 bits per heavy atom. The van der Waals surface area contributed by atoms with Crippen LogP contribution in [0.2, 0.25) is 0 Å². The Bertz CT molecular complexity index is 296. The van der Waals surface area contributed by atoms with Crippen LogP contribution in [0.25, 0.3) is 0 Å². The molecular formula is C12H20N2O3. The fourth-order valence-electron chi connectivity index (χ4n) is 2.49. The highest BCUT2D eigenvalue weighted by Crippen LogP contribution is 2.34. The Kier molecular flexibility index (Phi) is 3.86. The summed E-state index contributed by atoms with van der Waals surface area (Å²) in [5.74, 6) is -0.483. The van der Waals surface area contributed by atoms with E-state index in [2.05, 4.69) is 10.6 Å². The topological polar surface area (TPSA) is 78.4 Å². The van der Waals surface area contributed by atoms with E-state index in [4.69, 9.17) is 5.11 Å². The van der Waals surface area contributed by atoms with Gasteiger partial charge in [-0.05, 0) is 31.6 Å². The molecule has 96 valence electrons. The van der Waals surface area contributed by atoms with Gasteiger partial charge in [0, 0.05) is 12.1 Å². The van der Waals surface area contributed by atoms with Crippen LogP contribution in [0.4, 0.5) is 4.79 Å². The van der Waals surface area contributed by atoms with Crippen molar-refractivity contribution in [2.45, 2.75) is 57.0 Å². The fraction of sp³-hybridized carbons (Fsp3) is 0.833. The highest BCUT2D eigenvalue weighted by Gasteiger charge is 2.34. The quantitative estimate of drug-likeness (QED) is 0.681. The molecule has 2 aliphatic rings. The van der Waals surface area contributed by atoms with Gasteiger partial charge in [0.25, 0.3) is 0 Å². The molecule has 1 unspecified atom stereocenters. The summed E-state index contributed by atoms with van der Waals surface area (Å²) in [6.07, 6.45) is 6.52. The van der Waals surface area contributed by atoms with Gasteiger partial charge in [0.15, 0.2) is 0 Å². The summed E-state index contributed by atoms with van der Waals surface area (Å²) in [5, 5.41) is 14.5. The molecule has 3 N–H and O–H groups in total. The van der Waals surface area contributed by atoms with E-state index in [0.29, 0.717) is 5.92 Å². The lowest BCUT2D eigenvalue weighted by Gasteiger charge is -2.19. The number of urea groups is 1. The number of hydrogen-bond donors (Lipinski definition) is 3. The van der Waals surface area contributed by atoms with Gasteiger partial charge in [-0.1, -0.05) is 12.8 Å². The van der Waals surface area contributed by atoms with E-state index in [1.54, 1.807) is 0 Å². The summed E-state index contributed by atoms with van der Waals surface area (Å²) in [6, 6.07) is -0.122. The van der Waals surface area contributed by atoms with Crippen LogP contribution in [0.5, 0.6) is 0 Å². The number of carbonyl (C=O) groups is 2. The number of carbonyl (C=O) groups excluding carboxylic acids is 1. The Labute approximate surface area is 101 Å². The van der Waals surface area contributed by atoms with Crippen molar-refractivity contribution in [1.82, 2.24) is 10.6 Å².